The van der Waals surface area contributed by atoms with Crippen LogP contribution in [0.25, 0.3) is 0 Å². The average Bonchev–Trinajstić information content (AvgIpc) is 2.36. The van der Waals surface area contributed by atoms with Crippen molar-refractivity contribution in [2.45, 2.75) is 6.92 Å². The average molecular weight is 152 g/mol. The van der Waals surface area contributed by atoms with Gasteiger partial charge in [0.2, 0.25) is 5.96 Å². The monoisotopic (exact) mass is 152 g/mol. The van der Waals surface area contributed by atoms with Crippen LogP contribution in [0.1, 0.15) is 6.92 Å². The van der Waals surface area contributed by atoms with Gasteiger partial charge in [0.05, 0.1) is 12.8 Å². The molecule has 1 rings (SSSR count). The summed E-state index contributed by atoms with van der Waals surface area (Å²) in [6, 6.07) is 0. The largest absolute Gasteiger partial charge is 0.368 e. The lowest BCUT2D eigenvalue weighted by atomic mass is 10.3. The minimum atomic E-state index is 0.461. The molecule has 4 heteroatoms. The molecule has 0 aliphatic carbocycles. The van der Waals surface area contributed by atoms with Crippen LogP contribution in [0.4, 0.5) is 0 Å². The molecule has 0 aromatic heterocycles. The van der Waals surface area contributed by atoms with E-state index in [-0.39, 0.29) is 0 Å². The minimum absolute atomic E-state index is 0.461. The van der Waals surface area contributed by atoms with Gasteiger partial charge in [-0.15, -0.1) is 0 Å². The van der Waals surface area contributed by atoms with Gasteiger partial charge in [0, 0.05) is 6.54 Å². The van der Waals surface area contributed by atoms with E-state index in [2.05, 4.69) is 16.7 Å². The molecule has 0 atom stereocenters. The van der Waals surface area contributed by atoms with Crippen molar-refractivity contribution >= 4 is 12.2 Å². The third-order valence-electron chi connectivity index (χ3n) is 1.32. The van der Waals surface area contributed by atoms with Crippen molar-refractivity contribution in [2.24, 2.45) is 15.8 Å². The highest BCUT2D eigenvalue weighted by Gasteiger charge is 2.11. The standard InChI is InChI=1S/C7H12N4/c1-3-9-7(8)11-5-6(2)4-10-11/h4H,2-3,5H2,1H3,(H2,8,9). The van der Waals surface area contributed by atoms with Gasteiger partial charge in [-0.2, -0.15) is 5.10 Å². The van der Waals surface area contributed by atoms with Crippen molar-refractivity contribution in [3.63, 3.8) is 0 Å². The van der Waals surface area contributed by atoms with E-state index in [0.717, 1.165) is 5.57 Å². The number of nitrogens with zero attached hydrogens (tertiary/aromatic N) is 3. The van der Waals surface area contributed by atoms with E-state index in [1.54, 1.807) is 11.2 Å². The lowest BCUT2D eigenvalue weighted by Crippen LogP contribution is -2.31. The van der Waals surface area contributed by atoms with Crippen LogP contribution in [0, 0.1) is 0 Å². The quantitative estimate of drug-likeness (QED) is 0.430. The lowest BCUT2D eigenvalue weighted by molar-refractivity contribution is 0.504. The summed E-state index contributed by atoms with van der Waals surface area (Å²) in [7, 11) is 0. The van der Waals surface area contributed by atoms with E-state index in [1.165, 1.54) is 0 Å². The maximum atomic E-state index is 5.57. The summed E-state index contributed by atoms with van der Waals surface area (Å²) in [6.07, 6.45) is 1.69. The zero-order valence-corrected chi connectivity index (χ0v) is 6.62. The normalized spacial score (nSPS) is 18.1. The Bertz CT molecular complexity index is 216. The van der Waals surface area contributed by atoms with Crippen LogP contribution < -0.4 is 5.73 Å². The molecule has 0 radical (unpaired) electrons. The van der Waals surface area contributed by atoms with Gasteiger partial charge < -0.3 is 5.73 Å². The van der Waals surface area contributed by atoms with Crippen LogP contribution >= 0.6 is 0 Å². The van der Waals surface area contributed by atoms with Gasteiger partial charge >= 0.3 is 0 Å². The molecule has 60 valence electrons. The van der Waals surface area contributed by atoms with Gasteiger partial charge in [-0.3, -0.25) is 4.99 Å². The fraction of sp³-hybridized carbons (Fsp3) is 0.429. The highest BCUT2D eigenvalue weighted by atomic mass is 15.5. The number of aliphatic imine (C=N–C) groups is 1. The highest BCUT2D eigenvalue weighted by molar-refractivity contribution is 5.87. The molecule has 4 nitrogen and oxygen atoms in total. The van der Waals surface area contributed by atoms with Crippen LogP contribution in [0.5, 0.6) is 0 Å². The molecule has 1 aliphatic rings. The molecule has 0 aromatic rings. The number of hydrogen-bond donors (Lipinski definition) is 1. The third kappa shape index (κ3) is 1.80. The van der Waals surface area contributed by atoms with Crippen molar-refractivity contribution in [3.8, 4) is 0 Å². The molecule has 0 bridgehead atoms. The van der Waals surface area contributed by atoms with E-state index in [4.69, 9.17) is 5.73 Å². The Labute approximate surface area is 66.1 Å². The summed E-state index contributed by atoms with van der Waals surface area (Å²) in [5, 5.41) is 5.62. The topological polar surface area (TPSA) is 54.0 Å². The first-order valence-electron chi connectivity index (χ1n) is 3.53. The Hall–Kier alpha value is -1.32. The second-order valence-corrected chi connectivity index (χ2v) is 2.29. The number of hydrazone groups is 1. The van der Waals surface area contributed by atoms with E-state index < -0.39 is 0 Å². The van der Waals surface area contributed by atoms with Gasteiger partial charge in [0.25, 0.3) is 0 Å². The van der Waals surface area contributed by atoms with Gasteiger partial charge in [-0.25, -0.2) is 5.01 Å². The number of guanidine groups is 1. The Morgan fingerprint density at radius 1 is 2.00 bits per heavy atom. The summed E-state index contributed by atoms with van der Waals surface area (Å²) in [5.41, 5.74) is 6.53. The summed E-state index contributed by atoms with van der Waals surface area (Å²) in [4.78, 5) is 4.01. The molecule has 11 heavy (non-hydrogen) atoms. The van der Waals surface area contributed by atoms with Crippen molar-refractivity contribution in [2.75, 3.05) is 13.1 Å². The van der Waals surface area contributed by atoms with E-state index >= 15 is 0 Å². The predicted octanol–water partition coefficient (Wildman–Crippen LogP) is 0.179. The van der Waals surface area contributed by atoms with Crippen molar-refractivity contribution in [3.05, 3.63) is 12.2 Å². The molecule has 0 saturated carbocycles. The van der Waals surface area contributed by atoms with E-state index in [1.807, 2.05) is 6.92 Å². The van der Waals surface area contributed by atoms with E-state index in [0.29, 0.717) is 19.0 Å². The summed E-state index contributed by atoms with van der Waals surface area (Å²) >= 11 is 0. The van der Waals surface area contributed by atoms with Crippen molar-refractivity contribution in [1.82, 2.24) is 5.01 Å². The third-order valence-corrected chi connectivity index (χ3v) is 1.32. The Morgan fingerprint density at radius 2 is 2.73 bits per heavy atom. The van der Waals surface area contributed by atoms with Crippen LogP contribution in [-0.2, 0) is 0 Å². The molecule has 0 fully saturated rings. The summed E-state index contributed by atoms with van der Waals surface area (Å²) in [5.74, 6) is 0.461. The SMILES string of the molecule is C=C1C=NN(C(N)=NCC)C1. The molecule has 0 aromatic carbocycles. The smallest absolute Gasteiger partial charge is 0.212 e. The van der Waals surface area contributed by atoms with Crippen molar-refractivity contribution in [1.29, 1.82) is 0 Å². The van der Waals surface area contributed by atoms with Crippen LogP contribution in [0.3, 0.4) is 0 Å². The van der Waals surface area contributed by atoms with Gasteiger partial charge in [-0.05, 0) is 12.5 Å². The van der Waals surface area contributed by atoms with Gasteiger partial charge in [-0.1, -0.05) is 6.58 Å². The lowest BCUT2D eigenvalue weighted by Gasteiger charge is -2.10. The zero-order valence-electron chi connectivity index (χ0n) is 6.62. The first-order chi connectivity index (χ1) is 5.24. The molecule has 0 unspecified atom stereocenters. The second-order valence-electron chi connectivity index (χ2n) is 2.29. The molecule has 0 spiro atoms. The first-order valence-corrected chi connectivity index (χ1v) is 3.53. The molecular formula is C7H12N4. The van der Waals surface area contributed by atoms with Crippen LogP contribution in [-0.4, -0.2) is 30.3 Å². The minimum Gasteiger partial charge on any atom is -0.368 e. The fourth-order valence-corrected chi connectivity index (χ4v) is 0.809. The molecule has 1 heterocycles. The van der Waals surface area contributed by atoms with Gasteiger partial charge in [0.1, 0.15) is 0 Å². The maximum absolute atomic E-state index is 5.57. The first kappa shape index (κ1) is 7.78. The Kier molecular flexibility index (Phi) is 2.25. The van der Waals surface area contributed by atoms with E-state index in [9.17, 15) is 0 Å². The maximum Gasteiger partial charge on any atom is 0.212 e. The summed E-state index contributed by atoms with van der Waals surface area (Å²) < 4.78 is 0. The second kappa shape index (κ2) is 3.18. The molecule has 2 N–H and O–H groups in total. The number of hydrogen-bond acceptors (Lipinski definition) is 2. The van der Waals surface area contributed by atoms with Crippen LogP contribution in [0.15, 0.2) is 22.2 Å². The molecule has 0 saturated heterocycles. The number of nitrogens with two attached hydrogens (primary N) is 1. The molecule has 0 amide bonds. The predicted molar refractivity (Wildman–Crippen MR) is 46.5 cm³/mol. The Balaban J connectivity index is 2.57. The molecular weight excluding hydrogens is 140 g/mol. The molecule has 1 aliphatic heterocycles. The fourth-order valence-electron chi connectivity index (χ4n) is 0.809. The zero-order chi connectivity index (χ0) is 8.27. The van der Waals surface area contributed by atoms with Crippen LogP contribution in [0.2, 0.25) is 0 Å². The Morgan fingerprint density at radius 3 is 3.18 bits per heavy atom. The van der Waals surface area contributed by atoms with Crippen molar-refractivity contribution < 1.29 is 0 Å². The summed E-state index contributed by atoms with van der Waals surface area (Å²) in [6.45, 7) is 7.02. The highest BCUT2D eigenvalue weighted by Crippen LogP contribution is 2.02. The van der Waals surface area contributed by atoms with Gasteiger partial charge in [0.15, 0.2) is 0 Å². The number of rotatable bonds is 1.